The molecule has 2 rings (SSSR count). The molecule has 0 saturated carbocycles. The molecule has 0 radical (unpaired) electrons. The van der Waals surface area contributed by atoms with E-state index in [4.69, 9.17) is 17.0 Å². The first-order valence-corrected chi connectivity index (χ1v) is 8.57. The normalized spacial score (nSPS) is 18.5. The van der Waals surface area contributed by atoms with Crippen LogP contribution in [0.5, 0.6) is 5.75 Å². The minimum Gasteiger partial charge on any atom is -0.424 e. The maximum atomic E-state index is 12.4. The topological polar surface area (TPSA) is 84.5 Å². The molecule has 1 atom stereocenters. The molecule has 6 nitrogen and oxygen atoms in total. The largest absolute Gasteiger partial charge is 0.516 e. The van der Waals surface area contributed by atoms with Gasteiger partial charge < -0.3 is 10.1 Å². The Balaban J connectivity index is 2.38. The zero-order valence-corrected chi connectivity index (χ0v) is 14.1. The first kappa shape index (κ1) is 18.5. The first-order valence-electron chi connectivity index (χ1n) is 6.68. The van der Waals surface area contributed by atoms with Crippen LogP contribution in [0.25, 0.3) is 0 Å². The molecule has 1 heterocycles. The Kier molecular flexibility index (Phi) is 4.77. The molecule has 1 aromatic rings. The Morgan fingerprint density at radius 3 is 2.50 bits per heavy atom. The number of benzene rings is 1. The van der Waals surface area contributed by atoms with E-state index in [1.54, 1.807) is 13.8 Å². The third-order valence-electron chi connectivity index (χ3n) is 3.20. The molecule has 0 fully saturated rings. The van der Waals surface area contributed by atoms with Gasteiger partial charge in [0.2, 0.25) is 0 Å². The Bertz CT molecular complexity index is 791. The maximum Gasteiger partial charge on any atom is 0.516 e. The number of anilines is 1. The SMILES string of the molecule is CC(C)[C@@H]1NC(=S)c2cc(NS(=O)(=O)C(F)(F)F)ccc2OC1=O. The lowest BCUT2D eigenvalue weighted by Gasteiger charge is -2.17. The third kappa shape index (κ3) is 3.61. The fourth-order valence-corrected chi connectivity index (χ4v) is 2.80. The monoisotopic (exact) mass is 382 g/mol. The molecule has 0 spiro atoms. The molecule has 1 aliphatic rings. The van der Waals surface area contributed by atoms with Gasteiger partial charge in [-0.15, -0.1) is 0 Å². The van der Waals surface area contributed by atoms with Crippen molar-refractivity contribution in [2.75, 3.05) is 4.72 Å². The van der Waals surface area contributed by atoms with Crippen molar-refractivity contribution in [3.63, 3.8) is 0 Å². The smallest absolute Gasteiger partial charge is 0.424 e. The number of hydrogen-bond donors (Lipinski definition) is 2. The van der Waals surface area contributed by atoms with Crippen molar-refractivity contribution >= 4 is 38.9 Å². The van der Waals surface area contributed by atoms with Crippen LogP contribution in [0.1, 0.15) is 19.4 Å². The number of sulfonamides is 1. The van der Waals surface area contributed by atoms with E-state index < -0.39 is 27.5 Å². The number of halogens is 3. The van der Waals surface area contributed by atoms with E-state index in [0.29, 0.717) is 0 Å². The van der Waals surface area contributed by atoms with Crippen molar-refractivity contribution in [2.24, 2.45) is 5.92 Å². The van der Waals surface area contributed by atoms with E-state index in [2.05, 4.69) is 5.32 Å². The summed E-state index contributed by atoms with van der Waals surface area (Å²) in [7, 11) is -5.56. The number of carbonyl (C=O) groups excluding carboxylic acids is 1. The van der Waals surface area contributed by atoms with Gasteiger partial charge in [0.25, 0.3) is 0 Å². The van der Waals surface area contributed by atoms with Crippen LogP contribution in [-0.2, 0) is 14.8 Å². The summed E-state index contributed by atoms with van der Waals surface area (Å²) in [6.45, 7) is 3.53. The fraction of sp³-hybridized carbons (Fsp3) is 0.385. The summed E-state index contributed by atoms with van der Waals surface area (Å²) in [4.78, 5) is 12.1. The van der Waals surface area contributed by atoms with E-state index in [-0.39, 0.29) is 27.9 Å². The number of thiocarbonyl (C=S) groups is 1. The van der Waals surface area contributed by atoms with Crippen LogP contribution < -0.4 is 14.8 Å². The molecule has 0 amide bonds. The van der Waals surface area contributed by atoms with E-state index in [1.807, 2.05) is 0 Å². The van der Waals surface area contributed by atoms with Gasteiger partial charge in [-0.2, -0.15) is 21.6 Å². The molecule has 11 heteroatoms. The molecule has 1 aliphatic heterocycles. The van der Waals surface area contributed by atoms with Crippen molar-refractivity contribution < 1.29 is 31.1 Å². The Morgan fingerprint density at radius 1 is 1.33 bits per heavy atom. The van der Waals surface area contributed by atoms with Gasteiger partial charge in [-0.3, -0.25) is 4.72 Å². The van der Waals surface area contributed by atoms with Gasteiger partial charge in [-0.1, -0.05) is 26.1 Å². The molecule has 0 saturated heterocycles. The summed E-state index contributed by atoms with van der Waals surface area (Å²) in [5.74, 6) is -0.696. The highest BCUT2D eigenvalue weighted by molar-refractivity contribution is 7.93. The van der Waals surface area contributed by atoms with Crippen molar-refractivity contribution in [2.45, 2.75) is 25.4 Å². The van der Waals surface area contributed by atoms with Gasteiger partial charge in [0.15, 0.2) is 0 Å². The van der Waals surface area contributed by atoms with E-state index in [1.165, 1.54) is 10.8 Å². The van der Waals surface area contributed by atoms with Crippen LogP contribution >= 0.6 is 12.2 Å². The van der Waals surface area contributed by atoms with E-state index in [9.17, 15) is 26.4 Å². The summed E-state index contributed by atoms with van der Waals surface area (Å²) in [6, 6.07) is 2.58. The summed E-state index contributed by atoms with van der Waals surface area (Å²) in [6.07, 6.45) is 0. The summed E-state index contributed by atoms with van der Waals surface area (Å²) in [5, 5.41) is 2.76. The van der Waals surface area contributed by atoms with Crippen LogP contribution in [-0.4, -0.2) is 30.9 Å². The molecule has 1 aromatic carbocycles. The number of esters is 1. The van der Waals surface area contributed by atoms with Gasteiger partial charge in [-0.25, -0.2) is 4.79 Å². The lowest BCUT2D eigenvalue weighted by atomic mass is 10.0. The van der Waals surface area contributed by atoms with Gasteiger partial charge in [0.05, 0.1) is 5.56 Å². The van der Waals surface area contributed by atoms with E-state index >= 15 is 0 Å². The van der Waals surface area contributed by atoms with Crippen LogP contribution in [0.15, 0.2) is 18.2 Å². The number of ether oxygens (including phenoxy) is 1. The second kappa shape index (κ2) is 6.20. The average molecular weight is 382 g/mol. The van der Waals surface area contributed by atoms with Crippen molar-refractivity contribution in [3.05, 3.63) is 23.8 Å². The first-order chi connectivity index (χ1) is 10.9. The lowest BCUT2D eigenvalue weighted by Crippen LogP contribution is -2.43. The molecule has 2 N–H and O–H groups in total. The molecule has 24 heavy (non-hydrogen) atoms. The predicted octanol–water partition coefficient (Wildman–Crippen LogP) is 2.16. The zero-order chi connectivity index (χ0) is 18.3. The molecule has 0 bridgehead atoms. The second-order valence-corrected chi connectivity index (χ2v) is 7.46. The highest BCUT2D eigenvalue weighted by Crippen LogP contribution is 2.30. The minimum atomic E-state index is -5.56. The second-order valence-electron chi connectivity index (χ2n) is 5.38. The van der Waals surface area contributed by atoms with Crippen LogP contribution in [0, 0.1) is 5.92 Å². The number of fused-ring (bicyclic) bond motifs is 1. The number of nitrogens with one attached hydrogen (secondary N) is 2. The fourth-order valence-electron chi connectivity index (χ4n) is 1.96. The van der Waals surface area contributed by atoms with Crippen molar-refractivity contribution in [1.82, 2.24) is 5.32 Å². The Labute approximate surface area is 141 Å². The molecular formula is C13H13F3N2O4S2. The highest BCUT2D eigenvalue weighted by atomic mass is 32.2. The van der Waals surface area contributed by atoms with Crippen LogP contribution in [0.2, 0.25) is 0 Å². The van der Waals surface area contributed by atoms with Crippen molar-refractivity contribution in [3.8, 4) is 5.75 Å². The van der Waals surface area contributed by atoms with Gasteiger partial charge in [0, 0.05) is 5.69 Å². The van der Waals surface area contributed by atoms with Gasteiger partial charge in [-0.05, 0) is 24.1 Å². The number of rotatable bonds is 3. The van der Waals surface area contributed by atoms with E-state index in [0.717, 1.165) is 12.1 Å². The molecule has 0 aromatic heterocycles. The van der Waals surface area contributed by atoms with Crippen LogP contribution in [0.4, 0.5) is 18.9 Å². The summed E-state index contributed by atoms with van der Waals surface area (Å²) >= 11 is 5.13. The zero-order valence-electron chi connectivity index (χ0n) is 12.5. The molecule has 0 aliphatic carbocycles. The van der Waals surface area contributed by atoms with Crippen LogP contribution in [0.3, 0.4) is 0 Å². The average Bonchev–Trinajstić information content (AvgIpc) is 2.55. The maximum absolute atomic E-state index is 12.4. The number of hydrogen-bond acceptors (Lipinski definition) is 5. The predicted molar refractivity (Wildman–Crippen MR) is 84.1 cm³/mol. The van der Waals surface area contributed by atoms with Gasteiger partial charge in [0.1, 0.15) is 16.8 Å². The molecule has 0 unspecified atom stereocenters. The lowest BCUT2D eigenvalue weighted by molar-refractivity contribution is -0.137. The molecule has 132 valence electrons. The quantitative estimate of drug-likeness (QED) is 0.474. The number of alkyl halides is 3. The number of carbonyl (C=O) groups is 1. The Hall–Kier alpha value is -1.88. The summed E-state index contributed by atoms with van der Waals surface area (Å²) in [5.41, 5.74) is -5.69. The molecular weight excluding hydrogens is 369 g/mol. The standard InChI is InChI=1S/C13H13F3N2O4S2/c1-6(2)10-12(19)22-9-4-3-7(5-8(9)11(23)17-10)18-24(20,21)13(14,15)16/h3-6,10,18H,1-2H3,(H,17,23)/t10-/m0/s1. The minimum absolute atomic E-state index is 0.0376. The third-order valence-corrected chi connectivity index (χ3v) is 4.65. The Morgan fingerprint density at radius 2 is 1.96 bits per heavy atom. The van der Waals surface area contributed by atoms with Crippen molar-refractivity contribution in [1.29, 1.82) is 0 Å². The van der Waals surface area contributed by atoms with Gasteiger partial charge >= 0.3 is 21.5 Å². The summed E-state index contributed by atoms with van der Waals surface area (Å²) < 4.78 is 66.2. The highest BCUT2D eigenvalue weighted by Gasteiger charge is 2.46.